The predicted molar refractivity (Wildman–Crippen MR) is 90.3 cm³/mol. The van der Waals surface area contributed by atoms with Gasteiger partial charge < -0.3 is 20.1 Å². The van der Waals surface area contributed by atoms with Gasteiger partial charge in [0.2, 0.25) is 5.91 Å². The van der Waals surface area contributed by atoms with Gasteiger partial charge in [0, 0.05) is 24.4 Å². The second kappa shape index (κ2) is 7.65. The van der Waals surface area contributed by atoms with Gasteiger partial charge in [-0.25, -0.2) is 4.79 Å². The maximum Gasteiger partial charge on any atom is 0.326 e. The molecule has 3 rings (SSSR count). The van der Waals surface area contributed by atoms with Gasteiger partial charge in [-0.1, -0.05) is 6.07 Å². The summed E-state index contributed by atoms with van der Waals surface area (Å²) < 4.78 is 5.21. The fourth-order valence-electron chi connectivity index (χ4n) is 3.31. The van der Waals surface area contributed by atoms with Crippen molar-refractivity contribution in [1.29, 1.82) is 0 Å². The van der Waals surface area contributed by atoms with Gasteiger partial charge in [0.1, 0.15) is 6.04 Å². The smallest absolute Gasteiger partial charge is 0.326 e. The Labute approximate surface area is 146 Å². The van der Waals surface area contributed by atoms with Crippen molar-refractivity contribution in [2.45, 2.75) is 31.7 Å². The Morgan fingerprint density at radius 1 is 1.20 bits per heavy atom. The van der Waals surface area contributed by atoms with E-state index in [-0.39, 0.29) is 17.7 Å². The van der Waals surface area contributed by atoms with E-state index in [0.717, 1.165) is 12.8 Å². The van der Waals surface area contributed by atoms with Crippen molar-refractivity contribution in [1.82, 2.24) is 4.90 Å². The van der Waals surface area contributed by atoms with Gasteiger partial charge >= 0.3 is 5.97 Å². The molecule has 2 N–H and O–H groups in total. The number of aliphatic carboxylic acids is 1. The van der Waals surface area contributed by atoms with E-state index in [1.807, 2.05) is 0 Å². The van der Waals surface area contributed by atoms with Crippen LogP contribution in [0.3, 0.4) is 0 Å². The third kappa shape index (κ3) is 3.99. The molecule has 0 aliphatic carbocycles. The third-order valence-electron chi connectivity index (χ3n) is 4.73. The number of hydrogen-bond acceptors (Lipinski definition) is 4. The molecule has 0 spiro atoms. The topological polar surface area (TPSA) is 95.9 Å². The first-order chi connectivity index (χ1) is 12.1. The third-order valence-corrected chi connectivity index (χ3v) is 4.73. The Hall–Kier alpha value is -2.41. The Bertz CT molecular complexity index is 669. The van der Waals surface area contributed by atoms with Crippen molar-refractivity contribution in [2.24, 2.45) is 5.92 Å². The fraction of sp³-hybridized carbons (Fsp3) is 0.500. The summed E-state index contributed by atoms with van der Waals surface area (Å²) in [4.78, 5) is 37.7. The van der Waals surface area contributed by atoms with Crippen LogP contribution in [-0.4, -0.2) is 53.6 Å². The maximum absolute atomic E-state index is 12.7. The molecule has 2 amide bonds. The molecule has 2 aliphatic rings. The van der Waals surface area contributed by atoms with E-state index in [0.29, 0.717) is 43.9 Å². The molecule has 0 aromatic heterocycles. The zero-order valence-corrected chi connectivity index (χ0v) is 13.9. The number of amides is 2. The van der Waals surface area contributed by atoms with Gasteiger partial charge in [-0.05, 0) is 43.9 Å². The summed E-state index contributed by atoms with van der Waals surface area (Å²) in [5.74, 6) is -1.58. The van der Waals surface area contributed by atoms with Gasteiger partial charge in [-0.2, -0.15) is 0 Å². The number of benzene rings is 1. The van der Waals surface area contributed by atoms with Crippen LogP contribution in [0.25, 0.3) is 0 Å². The monoisotopic (exact) mass is 346 g/mol. The van der Waals surface area contributed by atoms with Gasteiger partial charge in [-0.3, -0.25) is 9.59 Å². The largest absolute Gasteiger partial charge is 0.480 e. The highest BCUT2D eigenvalue weighted by molar-refractivity contribution is 5.99. The molecule has 0 saturated carbocycles. The minimum atomic E-state index is -0.973. The number of hydrogen-bond donors (Lipinski definition) is 2. The van der Waals surface area contributed by atoms with Crippen LogP contribution in [0.2, 0.25) is 0 Å². The number of piperidine rings is 1. The summed E-state index contributed by atoms with van der Waals surface area (Å²) in [5.41, 5.74) is 0.917. The highest BCUT2D eigenvalue weighted by atomic mass is 16.5. The first kappa shape index (κ1) is 17.4. The van der Waals surface area contributed by atoms with Crippen LogP contribution in [0.5, 0.6) is 0 Å². The molecule has 1 aromatic carbocycles. The highest BCUT2D eigenvalue weighted by Gasteiger charge is 2.32. The number of anilines is 1. The molecular formula is C18H22N2O5. The Balaban J connectivity index is 1.72. The minimum absolute atomic E-state index is 0.122. The summed E-state index contributed by atoms with van der Waals surface area (Å²) in [5, 5.41) is 12.1. The predicted octanol–water partition coefficient (Wildman–Crippen LogP) is 1.74. The maximum atomic E-state index is 12.7. The summed E-state index contributed by atoms with van der Waals surface area (Å²) in [7, 11) is 0. The lowest BCUT2D eigenvalue weighted by Crippen LogP contribution is -2.48. The van der Waals surface area contributed by atoms with Crippen LogP contribution in [0.15, 0.2) is 24.3 Å². The molecular weight excluding hydrogens is 324 g/mol. The lowest BCUT2D eigenvalue weighted by atomic mass is 10.0. The summed E-state index contributed by atoms with van der Waals surface area (Å²) in [6, 6.07) is 5.87. The summed E-state index contributed by atoms with van der Waals surface area (Å²) >= 11 is 0. The van der Waals surface area contributed by atoms with Crippen LogP contribution in [-0.2, 0) is 14.3 Å². The van der Waals surface area contributed by atoms with Crippen LogP contribution < -0.4 is 5.32 Å². The Morgan fingerprint density at radius 3 is 2.76 bits per heavy atom. The van der Waals surface area contributed by atoms with Crippen molar-refractivity contribution in [3.63, 3.8) is 0 Å². The zero-order valence-electron chi connectivity index (χ0n) is 13.9. The van der Waals surface area contributed by atoms with Crippen molar-refractivity contribution in [2.75, 3.05) is 25.1 Å². The molecule has 7 heteroatoms. The number of ether oxygens (including phenoxy) is 1. The van der Waals surface area contributed by atoms with E-state index in [1.54, 1.807) is 24.3 Å². The van der Waals surface area contributed by atoms with Gasteiger partial charge in [0.15, 0.2) is 0 Å². The molecule has 2 atom stereocenters. The lowest BCUT2D eigenvalue weighted by Gasteiger charge is -2.33. The number of likely N-dealkylation sites (tertiary alicyclic amines) is 1. The van der Waals surface area contributed by atoms with Crippen molar-refractivity contribution < 1.29 is 24.2 Å². The molecule has 2 saturated heterocycles. The summed E-state index contributed by atoms with van der Waals surface area (Å²) in [6.45, 7) is 1.44. The molecule has 2 heterocycles. The van der Waals surface area contributed by atoms with E-state index < -0.39 is 12.0 Å². The number of carbonyl (C=O) groups is 3. The zero-order chi connectivity index (χ0) is 17.8. The van der Waals surface area contributed by atoms with E-state index >= 15 is 0 Å². The lowest BCUT2D eigenvalue weighted by molar-refractivity contribution is -0.143. The standard InChI is InChI=1S/C18H22N2O5/c21-16(13-7-9-25-11-13)19-14-5-3-4-12(10-14)17(22)20-8-2-1-6-15(20)18(23)24/h3-5,10,13,15H,1-2,6-9,11H2,(H,19,21)(H,23,24)/t13-,15-/m1/s1. The molecule has 134 valence electrons. The quantitative estimate of drug-likeness (QED) is 0.866. The Morgan fingerprint density at radius 2 is 2.04 bits per heavy atom. The minimum Gasteiger partial charge on any atom is -0.480 e. The average Bonchev–Trinajstić information content (AvgIpc) is 3.16. The van der Waals surface area contributed by atoms with E-state index in [1.165, 1.54) is 4.90 Å². The molecule has 25 heavy (non-hydrogen) atoms. The average molecular weight is 346 g/mol. The second-order valence-corrected chi connectivity index (χ2v) is 6.48. The van der Waals surface area contributed by atoms with Crippen LogP contribution >= 0.6 is 0 Å². The van der Waals surface area contributed by atoms with E-state index in [4.69, 9.17) is 4.74 Å². The molecule has 2 fully saturated rings. The van der Waals surface area contributed by atoms with Gasteiger partial charge in [0.25, 0.3) is 5.91 Å². The van der Waals surface area contributed by atoms with Crippen molar-refractivity contribution >= 4 is 23.5 Å². The normalized spacial score (nSPS) is 23.3. The van der Waals surface area contributed by atoms with Crippen molar-refractivity contribution in [3.05, 3.63) is 29.8 Å². The number of carbonyl (C=O) groups excluding carboxylic acids is 2. The first-order valence-electron chi connectivity index (χ1n) is 8.58. The molecule has 7 nitrogen and oxygen atoms in total. The molecule has 0 radical (unpaired) electrons. The van der Waals surface area contributed by atoms with E-state index in [2.05, 4.69) is 5.32 Å². The SMILES string of the molecule is O=C(Nc1cccc(C(=O)N2CCCC[C@@H]2C(=O)O)c1)[C@@H]1CCOC1. The molecule has 0 unspecified atom stereocenters. The number of nitrogens with one attached hydrogen (secondary N) is 1. The van der Waals surface area contributed by atoms with Crippen LogP contribution in [0.4, 0.5) is 5.69 Å². The summed E-state index contributed by atoms with van der Waals surface area (Å²) in [6.07, 6.45) is 2.77. The fourth-order valence-corrected chi connectivity index (χ4v) is 3.31. The highest BCUT2D eigenvalue weighted by Crippen LogP contribution is 2.22. The van der Waals surface area contributed by atoms with Gasteiger partial charge in [0.05, 0.1) is 12.5 Å². The van der Waals surface area contributed by atoms with Crippen LogP contribution in [0.1, 0.15) is 36.0 Å². The number of carboxylic acids is 1. The number of carboxylic acid groups (broad SMARTS) is 1. The number of rotatable bonds is 4. The Kier molecular flexibility index (Phi) is 5.33. The van der Waals surface area contributed by atoms with Crippen LogP contribution in [0, 0.1) is 5.92 Å². The van der Waals surface area contributed by atoms with E-state index in [9.17, 15) is 19.5 Å². The molecule has 0 bridgehead atoms. The van der Waals surface area contributed by atoms with Crippen molar-refractivity contribution in [3.8, 4) is 0 Å². The first-order valence-corrected chi connectivity index (χ1v) is 8.58. The molecule has 1 aromatic rings. The number of nitrogens with zero attached hydrogens (tertiary/aromatic N) is 1. The second-order valence-electron chi connectivity index (χ2n) is 6.48. The molecule has 2 aliphatic heterocycles. The van der Waals surface area contributed by atoms with Gasteiger partial charge in [-0.15, -0.1) is 0 Å².